The predicted molar refractivity (Wildman–Crippen MR) is 82.9 cm³/mol. The maximum absolute atomic E-state index is 13.9. The Morgan fingerprint density at radius 1 is 1.04 bits per heavy atom. The van der Waals surface area contributed by atoms with E-state index in [-0.39, 0.29) is 17.9 Å². The van der Waals surface area contributed by atoms with Crippen LogP contribution in [0, 0.1) is 17.5 Å². The maximum Gasteiger partial charge on any atom is 0.131 e. The number of hydrogen-bond acceptors (Lipinski definition) is 3. The van der Waals surface area contributed by atoms with E-state index in [1.807, 2.05) is 4.90 Å². The number of aliphatic hydroxyl groups excluding tert-OH is 1. The highest BCUT2D eigenvalue weighted by Crippen LogP contribution is 2.27. The Labute approximate surface area is 138 Å². The van der Waals surface area contributed by atoms with Crippen LogP contribution in [-0.2, 0) is 4.74 Å². The molecule has 1 aliphatic rings. The third-order valence-electron chi connectivity index (χ3n) is 4.17. The van der Waals surface area contributed by atoms with Crippen molar-refractivity contribution < 1.29 is 23.0 Å². The average molecular weight is 337 g/mol. The third kappa shape index (κ3) is 3.61. The Morgan fingerprint density at radius 2 is 1.71 bits per heavy atom. The quantitative estimate of drug-likeness (QED) is 0.930. The largest absolute Gasteiger partial charge is 0.387 e. The van der Waals surface area contributed by atoms with Crippen LogP contribution in [0.1, 0.15) is 23.3 Å². The fourth-order valence-corrected chi connectivity index (χ4v) is 2.96. The first-order chi connectivity index (χ1) is 11.6. The van der Waals surface area contributed by atoms with Crippen LogP contribution in [0.15, 0.2) is 42.5 Å². The highest BCUT2D eigenvalue weighted by molar-refractivity contribution is 5.23. The van der Waals surface area contributed by atoms with E-state index in [2.05, 4.69) is 0 Å². The highest BCUT2D eigenvalue weighted by atomic mass is 19.1. The Bertz CT molecular complexity index is 690. The van der Waals surface area contributed by atoms with Crippen molar-refractivity contribution in [3.63, 3.8) is 0 Å². The minimum Gasteiger partial charge on any atom is -0.387 e. The van der Waals surface area contributed by atoms with Crippen molar-refractivity contribution in [3.8, 4) is 0 Å². The molecule has 0 saturated carbocycles. The van der Waals surface area contributed by atoms with Gasteiger partial charge >= 0.3 is 0 Å². The summed E-state index contributed by atoms with van der Waals surface area (Å²) in [6.07, 6.45) is -1.77. The summed E-state index contributed by atoms with van der Waals surface area (Å²) < 4.78 is 47.0. The lowest BCUT2D eigenvalue weighted by atomic mass is 10.0. The van der Waals surface area contributed by atoms with Gasteiger partial charge in [0.05, 0.1) is 24.4 Å². The molecule has 0 bridgehead atoms. The lowest BCUT2D eigenvalue weighted by Gasteiger charge is -2.34. The monoisotopic (exact) mass is 337 g/mol. The topological polar surface area (TPSA) is 32.7 Å². The SMILES string of the molecule is OC(CN1CCOC(c2ccccc2F)C1)c1c(F)cccc1F. The molecule has 0 radical (unpaired) electrons. The fourth-order valence-electron chi connectivity index (χ4n) is 2.96. The Balaban J connectivity index is 1.71. The predicted octanol–water partition coefficient (Wildman–Crippen LogP) is 3.21. The first-order valence-corrected chi connectivity index (χ1v) is 7.76. The molecule has 0 amide bonds. The zero-order chi connectivity index (χ0) is 17.1. The second-order valence-corrected chi connectivity index (χ2v) is 5.79. The molecule has 0 spiro atoms. The number of nitrogens with zero attached hydrogens (tertiary/aromatic N) is 1. The summed E-state index contributed by atoms with van der Waals surface area (Å²) >= 11 is 0. The molecule has 24 heavy (non-hydrogen) atoms. The first kappa shape index (κ1) is 17.0. The first-order valence-electron chi connectivity index (χ1n) is 7.76. The van der Waals surface area contributed by atoms with Crippen molar-refractivity contribution in [2.75, 3.05) is 26.2 Å². The summed E-state index contributed by atoms with van der Waals surface area (Å²) in [7, 11) is 0. The number of rotatable bonds is 4. The van der Waals surface area contributed by atoms with E-state index in [4.69, 9.17) is 4.74 Å². The normalized spacial score (nSPS) is 20.1. The minimum atomic E-state index is -1.30. The van der Waals surface area contributed by atoms with Gasteiger partial charge in [0.15, 0.2) is 0 Å². The van der Waals surface area contributed by atoms with Gasteiger partial charge in [0.1, 0.15) is 17.5 Å². The van der Waals surface area contributed by atoms with Crippen molar-refractivity contribution in [2.45, 2.75) is 12.2 Å². The van der Waals surface area contributed by atoms with Crippen LogP contribution in [0.3, 0.4) is 0 Å². The Morgan fingerprint density at radius 3 is 2.42 bits per heavy atom. The van der Waals surface area contributed by atoms with E-state index in [9.17, 15) is 18.3 Å². The highest BCUT2D eigenvalue weighted by Gasteiger charge is 2.27. The number of hydrogen-bond donors (Lipinski definition) is 1. The molecule has 2 unspecified atom stereocenters. The van der Waals surface area contributed by atoms with Gasteiger partial charge in [-0.1, -0.05) is 24.3 Å². The molecule has 1 heterocycles. The summed E-state index contributed by atoms with van der Waals surface area (Å²) in [5.41, 5.74) is 0.0974. The summed E-state index contributed by atoms with van der Waals surface area (Å²) in [5, 5.41) is 10.2. The molecular formula is C18H18F3NO2. The van der Waals surface area contributed by atoms with Gasteiger partial charge in [0, 0.05) is 25.2 Å². The summed E-state index contributed by atoms with van der Waals surface area (Å²) in [5.74, 6) is -1.91. The van der Waals surface area contributed by atoms with Crippen LogP contribution in [0.5, 0.6) is 0 Å². The van der Waals surface area contributed by atoms with Crippen molar-refractivity contribution in [2.24, 2.45) is 0 Å². The second-order valence-electron chi connectivity index (χ2n) is 5.79. The van der Waals surface area contributed by atoms with Gasteiger partial charge in [-0.25, -0.2) is 13.2 Å². The van der Waals surface area contributed by atoms with Gasteiger partial charge in [-0.05, 0) is 18.2 Å². The number of halogens is 3. The number of ether oxygens (including phenoxy) is 1. The summed E-state index contributed by atoms with van der Waals surface area (Å²) in [6, 6.07) is 9.82. The van der Waals surface area contributed by atoms with E-state index >= 15 is 0 Å². The molecule has 3 rings (SSSR count). The number of benzene rings is 2. The van der Waals surface area contributed by atoms with Gasteiger partial charge in [-0.3, -0.25) is 4.90 Å². The van der Waals surface area contributed by atoms with Crippen molar-refractivity contribution >= 4 is 0 Å². The molecule has 3 nitrogen and oxygen atoms in total. The van der Waals surface area contributed by atoms with E-state index in [1.54, 1.807) is 18.2 Å². The Hall–Kier alpha value is -1.89. The van der Waals surface area contributed by atoms with Gasteiger partial charge in [0.25, 0.3) is 0 Å². The number of β-amino-alcohol motifs (C(OH)–C–C–N with tert-alkyl or cyclic N) is 1. The summed E-state index contributed by atoms with van der Waals surface area (Å²) in [4.78, 5) is 1.82. The molecule has 128 valence electrons. The fraction of sp³-hybridized carbons (Fsp3) is 0.333. The van der Waals surface area contributed by atoms with Gasteiger partial charge < -0.3 is 9.84 Å². The molecule has 1 saturated heterocycles. The maximum atomic E-state index is 13.9. The van der Waals surface area contributed by atoms with Crippen LogP contribution < -0.4 is 0 Å². The lowest BCUT2D eigenvalue weighted by molar-refractivity contribution is -0.0443. The number of aliphatic hydroxyl groups is 1. The van der Waals surface area contributed by atoms with Gasteiger partial charge in [0.2, 0.25) is 0 Å². The Kier molecular flexibility index (Phi) is 5.18. The van der Waals surface area contributed by atoms with Crippen LogP contribution in [-0.4, -0.2) is 36.2 Å². The molecule has 0 aliphatic carbocycles. The molecule has 1 fully saturated rings. The summed E-state index contributed by atoms with van der Waals surface area (Å²) in [6.45, 7) is 1.24. The van der Waals surface area contributed by atoms with Gasteiger partial charge in [-0.2, -0.15) is 0 Å². The molecule has 0 aromatic heterocycles. The van der Waals surface area contributed by atoms with Gasteiger partial charge in [-0.15, -0.1) is 0 Å². The number of morpholine rings is 1. The van der Waals surface area contributed by atoms with Crippen LogP contribution in [0.25, 0.3) is 0 Å². The molecule has 2 aromatic rings. The molecule has 2 atom stereocenters. The van der Waals surface area contributed by atoms with Crippen molar-refractivity contribution in [3.05, 3.63) is 71.0 Å². The molecule has 2 aromatic carbocycles. The standard InChI is InChI=1S/C18H18F3NO2/c19-13-5-2-1-4-12(13)17-11-22(8-9-24-17)10-16(23)18-14(20)6-3-7-15(18)21/h1-7,16-17,23H,8-11H2. The van der Waals surface area contributed by atoms with Crippen LogP contribution in [0.4, 0.5) is 13.2 Å². The smallest absolute Gasteiger partial charge is 0.131 e. The van der Waals surface area contributed by atoms with Crippen molar-refractivity contribution in [1.82, 2.24) is 4.90 Å². The van der Waals surface area contributed by atoms with Crippen molar-refractivity contribution in [1.29, 1.82) is 0 Å². The average Bonchev–Trinajstić information content (AvgIpc) is 2.55. The minimum absolute atomic E-state index is 0.0478. The van der Waals surface area contributed by atoms with E-state index in [0.29, 0.717) is 25.3 Å². The van der Waals surface area contributed by atoms with E-state index < -0.39 is 23.8 Å². The third-order valence-corrected chi connectivity index (χ3v) is 4.17. The van der Waals surface area contributed by atoms with E-state index in [0.717, 1.165) is 12.1 Å². The zero-order valence-corrected chi connectivity index (χ0v) is 13.0. The molecule has 1 N–H and O–H groups in total. The second kappa shape index (κ2) is 7.34. The molecule has 6 heteroatoms. The molecular weight excluding hydrogens is 319 g/mol. The lowest BCUT2D eigenvalue weighted by Crippen LogP contribution is -2.41. The van der Waals surface area contributed by atoms with Crippen LogP contribution >= 0.6 is 0 Å². The zero-order valence-electron chi connectivity index (χ0n) is 13.0. The van der Waals surface area contributed by atoms with E-state index in [1.165, 1.54) is 12.1 Å². The van der Waals surface area contributed by atoms with Crippen LogP contribution in [0.2, 0.25) is 0 Å². The molecule has 1 aliphatic heterocycles.